The second-order valence-corrected chi connectivity index (χ2v) is 8.29. The molecule has 2 heterocycles. The van der Waals surface area contributed by atoms with Gasteiger partial charge in [0.1, 0.15) is 5.84 Å². The van der Waals surface area contributed by atoms with Crippen molar-refractivity contribution >= 4 is 23.3 Å². The lowest BCUT2D eigenvalue weighted by molar-refractivity contribution is 0.341. The molecule has 5 heteroatoms. The van der Waals surface area contributed by atoms with Gasteiger partial charge in [0, 0.05) is 28.2 Å². The summed E-state index contributed by atoms with van der Waals surface area (Å²) in [6.07, 6.45) is 4.39. The van der Waals surface area contributed by atoms with Crippen LogP contribution in [0.25, 0.3) is 0 Å². The van der Waals surface area contributed by atoms with Crippen LogP contribution in [0.5, 0.6) is 0 Å². The summed E-state index contributed by atoms with van der Waals surface area (Å²) in [5.41, 5.74) is 3.54. The lowest BCUT2D eigenvalue weighted by atomic mass is 9.95. The number of fused-ring (bicyclic) bond motifs is 1. The minimum atomic E-state index is 0.0972. The first kappa shape index (κ1) is 17.5. The van der Waals surface area contributed by atoms with Crippen molar-refractivity contribution in [3.05, 3.63) is 82.5 Å². The van der Waals surface area contributed by atoms with E-state index < -0.39 is 0 Å². The predicted octanol–water partition coefficient (Wildman–Crippen LogP) is 5.76. The molecule has 2 aliphatic rings. The van der Waals surface area contributed by atoms with Crippen molar-refractivity contribution in [2.75, 3.05) is 0 Å². The number of aliphatic imine (C=N–C) groups is 1. The van der Waals surface area contributed by atoms with Gasteiger partial charge in [-0.2, -0.15) is 5.10 Å². The van der Waals surface area contributed by atoms with E-state index in [1.807, 2.05) is 23.0 Å². The molecule has 5 rings (SSSR count). The van der Waals surface area contributed by atoms with Gasteiger partial charge in [-0.3, -0.25) is 0 Å². The quantitative estimate of drug-likeness (QED) is 0.567. The molecule has 28 heavy (non-hydrogen) atoms. The van der Waals surface area contributed by atoms with Crippen LogP contribution < -0.4 is 0 Å². The van der Waals surface area contributed by atoms with Gasteiger partial charge in [0.05, 0.1) is 12.2 Å². The smallest absolute Gasteiger partial charge is 0.158 e. The Morgan fingerprint density at radius 3 is 2.36 bits per heavy atom. The minimum Gasteiger partial charge on any atom is -0.342 e. The summed E-state index contributed by atoms with van der Waals surface area (Å²) in [6.45, 7) is 4.30. The monoisotopic (exact) mass is 390 g/mol. The van der Waals surface area contributed by atoms with Gasteiger partial charge in [-0.25, -0.2) is 9.67 Å². The largest absolute Gasteiger partial charge is 0.342 e. The van der Waals surface area contributed by atoms with Crippen molar-refractivity contribution in [2.45, 2.75) is 44.8 Å². The Morgan fingerprint density at radius 1 is 1.00 bits per heavy atom. The zero-order valence-electron chi connectivity index (χ0n) is 16.1. The SMILES string of the molecule is CC(C)n1ncc2c1N=C(c1ccccc1)N(C1CC1)[C@@H]2c1ccc(Cl)cc1. The number of rotatable bonds is 4. The summed E-state index contributed by atoms with van der Waals surface area (Å²) < 4.78 is 2.03. The first-order chi connectivity index (χ1) is 13.6. The standard InChI is InChI=1S/C23H23ClN4/c1-15(2)28-23-20(14-25-28)21(16-8-10-18(24)11-9-16)27(19-12-13-19)22(26-23)17-6-4-3-5-7-17/h3-11,14-15,19,21H,12-13H2,1-2H3/t21-/m1/s1. The molecule has 0 unspecified atom stereocenters. The molecule has 3 aromatic rings. The van der Waals surface area contributed by atoms with Crippen molar-refractivity contribution in [2.24, 2.45) is 4.99 Å². The van der Waals surface area contributed by atoms with E-state index >= 15 is 0 Å². The average molecular weight is 391 g/mol. The van der Waals surface area contributed by atoms with Crippen LogP contribution in [-0.2, 0) is 0 Å². The summed E-state index contributed by atoms with van der Waals surface area (Å²) in [5, 5.41) is 5.45. The maximum atomic E-state index is 6.18. The van der Waals surface area contributed by atoms with Crippen molar-refractivity contribution in [1.82, 2.24) is 14.7 Å². The third-order valence-electron chi connectivity index (χ3n) is 5.47. The first-order valence-electron chi connectivity index (χ1n) is 9.89. The third kappa shape index (κ3) is 2.92. The predicted molar refractivity (Wildman–Crippen MR) is 113 cm³/mol. The zero-order valence-corrected chi connectivity index (χ0v) is 16.8. The number of hydrogen-bond donors (Lipinski definition) is 0. The highest BCUT2D eigenvalue weighted by molar-refractivity contribution is 6.30. The zero-order chi connectivity index (χ0) is 19.3. The summed E-state index contributed by atoms with van der Waals surface area (Å²) in [7, 11) is 0. The van der Waals surface area contributed by atoms with Crippen LogP contribution in [0.1, 0.15) is 55.5 Å². The number of hydrogen-bond acceptors (Lipinski definition) is 3. The van der Waals surface area contributed by atoms with E-state index in [0.29, 0.717) is 6.04 Å². The van der Waals surface area contributed by atoms with Crippen LogP contribution in [0.2, 0.25) is 5.02 Å². The van der Waals surface area contributed by atoms with Gasteiger partial charge in [0.25, 0.3) is 0 Å². The molecule has 1 saturated carbocycles. The van der Waals surface area contributed by atoms with Crippen molar-refractivity contribution in [3.8, 4) is 0 Å². The lowest BCUT2D eigenvalue weighted by Gasteiger charge is -2.38. The molecule has 0 saturated heterocycles. The molecule has 0 amide bonds. The Morgan fingerprint density at radius 2 is 1.71 bits per heavy atom. The molecule has 2 aromatic carbocycles. The summed E-state index contributed by atoms with van der Waals surface area (Å²) in [4.78, 5) is 7.64. The summed E-state index contributed by atoms with van der Waals surface area (Å²) >= 11 is 6.18. The molecule has 0 radical (unpaired) electrons. The fourth-order valence-electron chi connectivity index (χ4n) is 4.01. The highest BCUT2D eigenvalue weighted by Crippen LogP contribution is 2.46. The van der Waals surface area contributed by atoms with Crippen LogP contribution in [0, 0.1) is 0 Å². The van der Waals surface area contributed by atoms with Gasteiger partial charge in [-0.05, 0) is 44.4 Å². The lowest BCUT2D eigenvalue weighted by Crippen LogP contribution is -2.40. The molecule has 1 atom stereocenters. The molecule has 142 valence electrons. The molecular formula is C23H23ClN4. The maximum Gasteiger partial charge on any atom is 0.158 e. The number of nitrogens with zero attached hydrogens (tertiary/aromatic N) is 4. The van der Waals surface area contributed by atoms with Crippen LogP contribution in [0.3, 0.4) is 0 Å². The van der Waals surface area contributed by atoms with Crippen molar-refractivity contribution in [1.29, 1.82) is 0 Å². The Balaban J connectivity index is 1.74. The molecule has 1 aromatic heterocycles. The summed E-state index contributed by atoms with van der Waals surface area (Å²) in [6, 6.07) is 19.6. The van der Waals surface area contributed by atoms with E-state index in [-0.39, 0.29) is 12.1 Å². The van der Waals surface area contributed by atoms with Crippen LogP contribution in [-0.4, -0.2) is 26.6 Å². The van der Waals surface area contributed by atoms with E-state index in [0.717, 1.165) is 22.2 Å². The van der Waals surface area contributed by atoms with E-state index in [4.69, 9.17) is 16.6 Å². The van der Waals surface area contributed by atoms with Gasteiger partial charge in [0.2, 0.25) is 0 Å². The second kappa shape index (κ2) is 6.78. The number of aromatic nitrogens is 2. The molecule has 4 nitrogen and oxygen atoms in total. The van der Waals surface area contributed by atoms with E-state index in [2.05, 4.69) is 66.3 Å². The maximum absolute atomic E-state index is 6.18. The average Bonchev–Trinajstić information content (AvgIpc) is 3.46. The number of amidine groups is 1. The van der Waals surface area contributed by atoms with Crippen LogP contribution in [0.15, 0.2) is 65.8 Å². The summed E-state index contributed by atoms with van der Waals surface area (Å²) in [5.74, 6) is 2.00. The number of benzene rings is 2. The van der Waals surface area contributed by atoms with Gasteiger partial charge in [-0.1, -0.05) is 54.1 Å². The Bertz CT molecular complexity index is 1020. The highest BCUT2D eigenvalue weighted by atomic mass is 35.5. The molecule has 0 N–H and O–H groups in total. The Kier molecular flexibility index (Phi) is 4.24. The van der Waals surface area contributed by atoms with Crippen LogP contribution >= 0.6 is 11.6 Å². The van der Waals surface area contributed by atoms with E-state index in [1.54, 1.807) is 0 Å². The van der Waals surface area contributed by atoms with E-state index in [9.17, 15) is 0 Å². The minimum absolute atomic E-state index is 0.0972. The van der Waals surface area contributed by atoms with Gasteiger partial charge < -0.3 is 4.90 Å². The number of halogens is 1. The van der Waals surface area contributed by atoms with Gasteiger partial charge in [-0.15, -0.1) is 0 Å². The Hall–Kier alpha value is -2.59. The Labute approximate surface area is 170 Å². The fourth-order valence-corrected chi connectivity index (χ4v) is 4.13. The molecule has 0 bridgehead atoms. The van der Waals surface area contributed by atoms with Gasteiger partial charge >= 0.3 is 0 Å². The fraction of sp³-hybridized carbons (Fsp3) is 0.304. The highest BCUT2D eigenvalue weighted by Gasteiger charge is 2.42. The molecular weight excluding hydrogens is 368 g/mol. The molecule has 0 spiro atoms. The molecule has 1 aliphatic heterocycles. The van der Waals surface area contributed by atoms with Gasteiger partial charge in [0.15, 0.2) is 5.82 Å². The molecule has 1 fully saturated rings. The third-order valence-corrected chi connectivity index (χ3v) is 5.72. The van der Waals surface area contributed by atoms with Crippen molar-refractivity contribution < 1.29 is 0 Å². The van der Waals surface area contributed by atoms with E-state index in [1.165, 1.54) is 24.0 Å². The normalized spacial score (nSPS) is 18.9. The van der Waals surface area contributed by atoms with Crippen LogP contribution in [0.4, 0.5) is 5.82 Å². The second-order valence-electron chi connectivity index (χ2n) is 7.86. The molecule has 1 aliphatic carbocycles. The first-order valence-corrected chi connectivity index (χ1v) is 10.3. The topological polar surface area (TPSA) is 33.4 Å². The van der Waals surface area contributed by atoms with Crippen molar-refractivity contribution in [3.63, 3.8) is 0 Å².